The van der Waals surface area contributed by atoms with E-state index in [1.165, 1.54) is 23.6 Å². The van der Waals surface area contributed by atoms with Crippen molar-refractivity contribution in [2.45, 2.75) is 0 Å². The van der Waals surface area contributed by atoms with Crippen molar-refractivity contribution in [3.63, 3.8) is 0 Å². The van der Waals surface area contributed by atoms with E-state index < -0.39 is 5.97 Å². The first-order valence-corrected chi connectivity index (χ1v) is 6.64. The maximum absolute atomic E-state index is 11.7. The minimum Gasteiger partial charge on any atom is -0.453 e. The maximum Gasteiger partial charge on any atom is 0.357 e. The van der Waals surface area contributed by atoms with Crippen molar-refractivity contribution in [3.05, 3.63) is 50.9 Å². The molecular formula is C12H8BrNO3S. The van der Waals surface area contributed by atoms with Crippen LogP contribution in [0.1, 0.15) is 20.2 Å². The van der Waals surface area contributed by atoms with Gasteiger partial charge in [-0.1, -0.05) is 6.07 Å². The monoisotopic (exact) mass is 325 g/mol. The second-order valence-corrected chi connectivity index (χ2v) is 5.78. The van der Waals surface area contributed by atoms with Gasteiger partial charge >= 0.3 is 5.97 Å². The zero-order valence-electron chi connectivity index (χ0n) is 9.13. The van der Waals surface area contributed by atoms with Gasteiger partial charge in [0.25, 0.3) is 0 Å². The number of ether oxygens (including phenoxy) is 1. The first kappa shape index (κ1) is 12.9. The number of halogens is 1. The molecule has 0 aliphatic heterocycles. The quantitative estimate of drug-likeness (QED) is 0.640. The van der Waals surface area contributed by atoms with Crippen LogP contribution < -0.4 is 0 Å². The number of nitrogens with zero attached hydrogens (tertiary/aromatic N) is 1. The van der Waals surface area contributed by atoms with Gasteiger partial charge in [0.05, 0.1) is 8.66 Å². The molecule has 0 fully saturated rings. The molecule has 6 heteroatoms. The van der Waals surface area contributed by atoms with Crippen LogP contribution in [0, 0.1) is 0 Å². The summed E-state index contributed by atoms with van der Waals surface area (Å²) in [6, 6.07) is 8.38. The molecule has 0 aliphatic carbocycles. The minimum absolute atomic E-state index is 0.192. The van der Waals surface area contributed by atoms with Crippen LogP contribution in [0.2, 0.25) is 0 Å². The van der Waals surface area contributed by atoms with Gasteiger partial charge in [-0.05, 0) is 40.2 Å². The molecule has 0 N–H and O–H groups in total. The molecule has 18 heavy (non-hydrogen) atoms. The molecule has 0 aromatic carbocycles. The number of carbonyl (C=O) groups excluding carboxylic acids is 2. The largest absolute Gasteiger partial charge is 0.453 e. The lowest BCUT2D eigenvalue weighted by Crippen LogP contribution is -2.14. The summed E-state index contributed by atoms with van der Waals surface area (Å²) in [4.78, 5) is 27.6. The minimum atomic E-state index is -0.598. The molecule has 2 aromatic heterocycles. The third kappa shape index (κ3) is 3.24. The van der Waals surface area contributed by atoms with Gasteiger partial charge < -0.3 is 4.74 Å². The van der Waals surface area contributed by atoms with E-state index >= 15 is 0 Å². The summed E-state index contributed by atoms with van der Waals surface area (Å²) in [5, 5.41) is 0. The summed E-state index contributed by atoms with van der Waals surface area (Å²) in [5.74, 6) is -0.824. The van der Waals surface area contributed by atoms with E-state index in [1.807, 2.05) is 0 Å². The average Bonchev–Trinajstić information content (AvgIpc) is 2.83. The Hall–Kier alpha value is -1.53. The Kier molecular flexibility index (Phi) is 4.22. The molecular weight excluding hydrogens is 318 g/mol. The molecule has 0 bridgehead atoms. The molecule has 4 nitrogen and oxygen atoms in total. The first-order valence-electron chi connectivity index (χ1n) is 5.03. The number of aromatic nitrogens is 1. The Balaban J connectivity index is 1.92. The fourth-order valence-electron chi connectivity index (χ4n) is 1.22. The lowest BCUT2D eigenvalue weighted by atomic mass is 10.3. The number of thiophene rings is 1. The Labute approximate surface area is 116 Å². The summed E-state index contributed by atoms with van der Waals surface area (Å²) in [5.41, 5.74) is 0.192. The fraction of sp³-hybridized carbons (Fsp3) is 0.0833. The van der Waals surface area contributed by atoms with E-state index in [2.05, 4.69) is 20.9 Å². The molecule has 0 amide bonds. The topological polar surface area (TPSA) is 56.3 Å². The van der Waals surface area contributed by atoms with Crippen LogP contribution in [0.15, 0.2) is 40.3 Å². The highest BCUT2D eigenvalue weighted by atomic mass is 79.9. The van der Waals surface area contributed by atoms with Gasteiger partial charge in [0.15, 0.2) is 6.61 Å². The van der Waals surface area contributed by atoms with Gasteiger partial charge in [-0.15, -0.1) is 11.3 Å². The van der Waals surface area contributed by atoms with Crippen molar-refractivity contribution in [2.75, 3.05) is 6.61 Å². The van der Waals surface area contributed by atoms with Crippen LogP contribution in [0.25, 0.3) is 0 Å². The zero-order chi connectivity index (χ0) is 13.0. The van der Waals surface area contributed by atoms with Crippen molar-refractivity contribution >= 4 is 39.0 Å². The molecule has 2 aromatic rings. The lowest BCUT2D eigenvalue weighted by molar-refractivity contribution is 0.0470. The fourth-order valence-corrected chi connectivity index (χ4v) is 2.53. The van der Waals surface area contributed by atoms with Crippen molar-refractivity contribution in [3.8, 4) is 0 Å². The molecule has 0 radical (unpaired) electrons. The lowest BCUT2D eigenvalue weighted by Gasteiger charge is -2.01. The molecule has 0 saturated carbocycles. The van der Waals surface area contributed by atoms with E-state index in [-0.39, 0.29) is 18.1 Å². The van der Waals surface area contributed by atoms with Crippen molar-refractivity contribution in [1.29, 1.82) is 0 Å². The maximum atomic E-state index is 11.7. The predicted molar refractivity (Wildman–Crippen MR) is 70.9 cm³/mol. The van der Waals surface area contributed by atoms with E-state index in [9.17, 15) is 9.59 Å². The summed E-state index contributed by atoms with van der Waals surface area (Å²) >= 11 is 4.57. The Bertz CT molecular complexity index is 568. The highest BCUT2D eigenvalue weighted by molar-refractivity contribution is 9.11. The average molecular weight is 326 g/mol. The number of hydrogen-bond donors (Lipinski definition) is 0. The second kappa shape index (κ2) is 5.88. The van der Waals surface area contributed by atoms with Crippen LogP contribution in [0.4, 0.5) is 0 Å². The summed E-state index contributed by atoms with van der Waals surface area (Å²) in [7, 11) is 0. The number of hydrogen-bond acceptors (Lipinski definition) is 5. The Morgan fingerprint density at radius 3 is 2.72 bits per heavy atom. The first-order chi connectivity index (χ1) is 8.66. The predicted octanol–water partition coefficient (Wildman–Crippen LogP) is 2.95. The summed E-state index contributed by atoms with van der Waals surface area (Å²) < 4.78 is 5.76. The second-order valence-electron chi connectivity index (χ2n) is 3.32. The smallest absolute Gasteiger partial charge is 0.357 e. The van der Waals surface area contributed by atoms with Crippen LogP contribution in [-0.2, 0) is 4.74 Å². The van der Waals surface area contributed by atoms with E-state index in [0.29, 0.717) is 4.88 Å². The van der Waals surface area contributed by atoms with Crippen LogP contribution in [0.5, 0.6) is 0 Å². The highest BCUT2D eigenvalue weighted by Crippen LogP contribution is 2.22. The number of Topliss-reactive ketones (excluding diaryl/α,β-unsaturated/α-hetero) is 1. The molecule has 0 unspecified atom stereocenters. The Morgan fingerprint density at radius 1 is 1.28 bits per heavy atom. The summed E-state index contributed by atoms with van der Waals surface area (Å²) in [6.07, 6.45) is 1.49. The van der Waals surface area contributed by atoms with Crippen molar-refractivity contribution in [2.24, 2.45) is 0 Å². The van der Waals surface area contributed by atoms with Crippen molar-refractivity contribution < 1.29 is 14.3 Å². The third-order valence-corrected chi connectivity index (χ3v) is 3.72. The van der Waals surface area contributed by atoms with Crippen LogP contribution in [-0.4, -0.2) is 23.3 Å². The van der Waals surface area contributed by atoms with Gasteiger partial charge in [0, 0.05) is 6.20 Å². The highest BCUT2D eigenvalue weighted by Gasteiger charge is 2.13. The zero-order valence-corrected chi connectivity index (χ0v) is 11.5. The number of pyridine rings is 1. The molecule has 92 valence electrons. The van der Waals surface area contributed by atoms with E-state index in [4.69, 9.17) is 4.74 Å². The van der Waals surface area contributed by atoms with E-state index in [1.54, 1.807) is 24.3 Å². The molecule has 0 aliphatic rings. The molecule has 2 heterocycles. The molecule has 2 rings (SSSR count). The number of ketones is 1. The number of esters is 1. The Morgan fingerprint density at radius 2 is 2.11 bits per heavy atom. The van der Waals surface area contributed by atoms with Gasteiger partial charge in [0.2, 0.25) is 5.78 Å². The third-order valence-electron chi connectivity index (χ3n) is 2.06. The SMILES string of the molecule is O=C(OCC(=O)c1ccc(Br)s1)c1ccccn1. The number of carbonyl (C=O) groups is 2. The van der Waals surface area contributed by atoms with Gasteiger partial charge in [-0.25, -0.2) is 9.78 Å². The molecule has 0 saturated heterocycles. The van der Waals surface area contributed by atoms with Crippen LogP contribution in [0.3, 0.4) is 0 Å². The number of rotatable bonds is 4. The van der Waals surface area contributed by atoms with Gasteiger partial charge in [-0.2, -0.15) is 0 Å². The molecule has 0 atom stereocenters. The summed E-state index contributed by atoms with van der Waals surface area (Å²) in [6.45, 7) is -0.275. The van der Waals surface area contributed by atoms with E-state index in [0.717, 1.165) is 3.79 Å². The van der Waals surface area contributed by atoms with Gasteiger partial charge in [0.1, 0.15) is 5.69 Å². The van der Waals surface area contributed by atoms with Crippen molar-refractivity contribution in [1.82, 2.24) is 4.98 Å². The molecule has 0 spiro atoms. The van der Waals surface area contributed by atoms with Gasteiger partial charge in [-0.3, -0.25) is 4.79 Å². The van der Waals surface area contributed by atoms with Crippen LogP contribution >= 0.6 is 27.3 Å². The normalized spacial score (nSPS) is 10.1. The standard InChI is InChI=1S/C12H8BrNO3S/c13-11-5-4-10(18-11)9(15)7-17-12(16)8-3-1-2-6-14-8/h1-6H,7H2.